The fraction of sp³-hybridized carbons (Fsp3) is 0.500. The average Bonchev–Trinajstić information content (AvgIpc) is 2.28. The maximum atomic E-state index is 11.9. The van der Waals surface area contributed by atoms with Crippen LogP contribution in [0.25, 0.3) is 0 Å². The minimum atomic E-state index is -0.537. The van der Waals surface area contributed by atoms with Crippen LogP contribution in [-0.2, 0) is 4.79 Å². The number of halogens is 1. The lowest BCUT2D eigenvalue weighted by molar-refractivity contribution is -0.128. The minimum Gasteiger partial charge on any atom is -0.481 e. The highest BCUT2D eigenvalue weighted by atomic mass is 35.5. The highest BCUT2D eigenvalue weighted by Crippen LogP contribution is 2.18. The number of ether oxygens (including phenoxy) is 1. The third-order valence-electron chi connectivity index (χ3n) is 2.85. The van der Waals surface area contributed by atoms with Crippen molar-refractivity contribution >= 4 is 17.5 Å². The quantitative estimate of drug-likeness (QED) is 0.891. The Hall–Kier alpha value is -1.22. The number of hydrogen-bond acceptors (Lipinski definition) is 2. The van der Waals surface area contributed by atoms with Crippen molar-refractivity contribution in [1.82, 2.24) is 5.32 Å². The SMILES string of the molecule is CC(C)[C@@H](C)NC(=O)[C@@H](C)Oc1cccc(Cl)c1. The Balaban J connectivity index is 2.55. The molecule has 0 saturated carbocycles. The van der Waals surface area contributed by atoms with Gasteiger partial charge in [0.1, 0.15) is 5.75 Å². The Morgan fingerprint density at radius 3 is 2.50 bits per heavy atom. The van der Waals surface area contributed by atoms with Crippen molar-refractivity contribution in [2.45, 2.75) is 39.8 Å². The predicted octanol–water partition coefficient (Wildman–Crippen LogP) is 3.27. The number of benzene rings is 1. The molecule has 18 heavy (non-hydrogen) atoms. The van der Waals surface area contributed by atoms with Crippen LogP contribution in [0.1, 0.15) is 27.7 Å². The van der Waals surface area contributed by atoms with Crippen molar-refractivity contribution in [3.8, 4) is 5.75 Å². The third-order valence-corrected chi connectivity index (χ3v) is 3.08. The lowest BCUT2D eigenvalue weighted by Gasteiger charge is -2.21. The maximum Gasteiger partial charge on any atom is 0.260 e. The first-order valence-electron chi connectivity index (χ1n) is 6.12. The zero-order valence-corrected chi connectivity index (χ0v) is 12.0. The van der Waals surface area contributed by atoms with Crippen LogP contribution in [0, 0.1) is 5.92 Å². The van der Waals surface area contributed by atoms with Gasteiger partial charge in [0.05, 0.1) is 0 Å². The third kappa shape index (κ3) is 4.57. The van der Waals surface area contributed by atoms with E-state index in [1.165, 1.54) is 0 Å². The second kappa shape index (κ2) is 6.64. The lowest BCUT2D eigenvalue weighted by atomic mass is 10.1. The Bertz CT molecular complexity index is 407. The van der Waals surface area contributed by atoms with Gasteiger partial charge in [-0.25, -0.2) is 0 Å². The standard InChI is InChI=1S/C14H20ClNO2/c1-9(2)10(3)16-14(17)11(4)18-13-7-5-6-12(15)8-13/h5-11H,1-4H3,(H,16,17)/t10-,11-/m1/s1. The fourth-order valence-electron chi connectivity index (χ4n) is 1.31. The van der Waals surface area contributed by atoms with Crippen molar-refractivity contribution in [2.75, 3.05) is 0 Å². The molecule has 0 aliphatic carbocycles. The predicted molar refractivity (Wildman–Crippen MR) is 74.0 cm³/mol. The molecule has 0 fully saturated rings. The molecule has 2 atom stereocenters. The summed E-state index contributed by atoms with van der Waals surface area (Å²) in [7, 11) is 0. The molecule has 1 aromatic carbocycles. The second-order valence-corrected chi connectivity index (χ2v) is 5.20. The van der Waals surface area contributed by atoms with Crippen LogP contribution in [0.5, 0.6) is 5.75 Å². The molecule has 0 saturated heterocycles. The normalized spacial score (nSPS) is 14.1. The van der Waals surface area contributed by atoms with E-state index < -0.39 is 6.10 Å². The van der Waals surface area contributed by atoms with E-state index in [9.17, 15) is 4.79 Å². The smallest absolute Gasteiger partial charge is 0.260 e. The molecule has 0 aromatic heterocycles. The molecular weight excluding hydrogens is 250 g/mol. The van der Waals surface area contributed by atoms with Crippen molar-refractivity contribution in [2.24, 2.45) is 5.92 Å². The van der Waals surface area contributed by atoms with E-state index in [1.807, 2.05) is 6.92 Å². The Kier molecular flexibility index (Phi) is 5.48. The van der Waals surface area contributed by atoms with E-state index in [4.69, 9.17) is 16.3 Å². The lowest BCUT2D eigenvalue weighted by Crippen LogP contribution is -2.43. The molecule has 100 valence electrons. The molecule has 3 nitrogen and oxygen atoms in total. The number of rotatable bonds is 5. The monoisotopic (exact) mass is 269 g/mol. The molecule has 0 aliphatic rings. The van der Waals surface area contributed by atoms with Gasteiger partial charge in [-0.2, -0.15) is 0 Å². The summed E-state index contributed by atoms with van der Waals surface area (Å²) in [5, 5.41) is 3.51. The molecule has 1 N–H and O–H groups in total. The van der Waals surface area contributed by atoms with E-state index in [0.29, 0.717) is 16.7 Å². The maximum absolute atomic E-state index is 11.9. The summed E-state index contributed by atoms with van der Waals surface area (Å²) in [6, 6.07) is 7.15. The zero-order valence-electron chi connectivity index (χ0n) is 11.2. The molecule has 0 radical (unpaired) electrons. The largest absolute Gasteiger partial charge is 0.481 e. The van der Waals surface area contributed by atoms with Crippen molar-refractivity contribution < 1.29 is 9.53 Å². The molecule has 1 rings (SSSR count). The van der Waals surface area contributed by atoms with Gasteiger partial charge in [0.15, 0.2) is 6.10 Å². The highest BCUT2D eigenvalue weighted by molar-refractivity contribution is 6.30. The second-order valence-electron chi connectivity index (χ2n) is 4.76. The van der Waals surface area contributed by atoms with Gasteiger partial charge in [0, 0.05) is 11.1 Å². The van der Waals surface area contributed by atoms with Gasteiger partial charge in [-0.3, -0.25) is 4.79 Å². The van der Waals surface area contributed by atoms with Gasteiger partial charge in [-0.15, -0.1) is 0 Å². The number of amides is 1. The Morgan fingerprint density at radius 2 is 1.94 bits per heavy atom. The zero-order chi connectivity index (χ0) is 13.7. The van der Waals surface area contributed by atoms with E-state index in [-0.39, 0.29) is 11.9 Å². The van der Waals surface area contributed by atoms with Gasteiger partial charge in [0.2, 0.25) is 0 Å². The molecule has 0 bridgehead atoms. The number of nitrogens with one attached hydrogen (secondary N) is 1. The minimum absolute atomic E-state index is 0.115. The fourth-order valence-corrected chi connectivity index (χ4v) is 1.49. The topological polar surface area (TPSA) is 38.3 Å². The van der Waals surface area contributed by atoms with Gasteiger partial charge in [0.25, 0.3) is 5.91 Å². The van der Waals surface area contributed by atoms with E-state index >= 15 is 0 Å². The first kappa shape index (κ1) is 14.8. The molecule has 1 aromatic rings. The van der Waals surface area contributed by atoms with Crippen molar-refractivity contribution in [1.29, 1.82) is 0 Å². The summed E-state index contributed by atoms with van der Waals surface area (Å²) in [6.45, 7) is 7.83. The van der Waals surface area contributed by atoms with Gasteiger partial charge in [-0.1, -0.05) is 31.5 Å². The molecule has 0 heterocycles. The first-order valence-corrected chi connectivity index (χ1v) is 6.50. The average molecular weight is 270 g/mol. The number of carbonyl (C=O) groups excluding carboxylic acids is 1. The van der Waals surface area contributed by atoms with Crippen LogP contribution in [0.3, 0.4) is 0 Å². The van der Waals surface area contributed by atoms with Crippen molar-refractivity contribution in [3.63, 3.8) is 0 Å². The highest BCUT2D eigenvalue weighted by Gasteiger charge is 2.18. The molecule has 0 unspecified atom stereocenters. The van der Waals surface area contributed by atoms with Gasteiger partial charge >= 0.3 is 0 Å². The van der Waals surface area contributed by atoms with Crippen LogP contribution in [0.4, 0.5) is 0 Å². The van der Waals surface area contributed by atoms with Gasteiger partial charge < -0.3 is 10.1 Å². The van der Waals surface area contributed by atoms with Crippen LogP contribution in [-0.4, -0.2) is 18.1 Å². The molecule has 1 amide bonds. The molecule has 0 aliphatic heterocycles. The Morgan fingerprint density at radius 1 is 1.28 bits per heavy atom. The van der Waals surface area contributed by atoms with Crippen molar-refractivity contribution in [3.05, 3.63) is 29.3 Å². The molecular formula is C14H20ClNO2. The summed E-state index contributed by atoms with van der Waals surface area (Å²) < 4.78 is 5.54. The van der Waals surface area contributed by atoms with E-state index in [0.717, 1.165) is 0 Å². The van der Waals surface area contributed by atoms with E-state index in [2.05, 4.69) is 19.2 Å². The van der Waals surface area contributed by atoms with Crippen LogP contribution < -0.4 is 10.1 Å². The Labute approximate surface area is 113 Å². The summed E-state index contributed by atoms with van der Waals surface area (Å²) >= 11 is 5.85. The van der Waals surface area contributed by atoms with Crippen LogP contribution in [0.2, 0.25) is 5.02 Å². The summed E-state index contributed by atoms with van der Waals surface area (Å²) in [5.41, 5.74) is 0. The first-order chi connectivity index (χ1) is 8.40. The van der Waals surface area contributed by atoms with Crippen LogP contribution >= 0.6 is 11.6 Å². The molecule has 0 spiro atoms. The van der Waals surface area contributed by atoms with Crippen LogP contribution in [0.15, 0.2) is 24.3 Å². The summed E-state index contributed by atoms with van der Waals surface area (Å²) in [4.78, 5) is 11.9. The number of carbonyl (C=O) groups is 1. The summed E-state index contributed by atoms with van der Waals surface area (Å²) in [5.74, 6) is 0.880. The summed E-state index contributed by atoms with van der Waals surface area (Å²) in [6.07, 6.45) is -0.537. The molecule has 4 heteroatoms. The van der Waals surface area contributed by atoms with Gasteiger partial charge in [-0.05, 0) is 38.0 Å². The number of hydrogen-bond donors (Lipinski definition) is 1. The van der Waals surface area contributed by atoms with E-state index in [1.54, 1.807) is 31.2 Å².